The van der Waals surface area contributed by atoms with Gasteiger partial charge in [0.15, 0.2) is 11.8 Å². The Morgan fingerprint density at radius 1 is 0.864 bits per heavy atom. The summed E-state index contributed by atoms with van der Waals surface area (Å²) in [6.45, 7) is 7.09. The summed E-state index contributed by atoms with van der Waals surface area (Å²) in [6, 6.07) is 1.54. The Bertz CT molecular complexity index is 398. The van der Waals surface area contributed by atoms with Gasteiger partial charge in [0.1, 0.15) is 13.2 Å². The molecule has 6 nitrogen and oxygen atoms in total. The van der Waals surface area contributed by atoms with Crippen molar-refractivity contribution in [3.8, 4) is 0 Å². The average Bonchev–Trinajstić information content (AvgIpc) is 3.12. The summed E-state index contributed by atoms with van der Waals surface area (Å²) in [5.41, 5.74) is 0. The first-order chi connectivity index (χ1) is 10.7. The SMILES string of the molecule is C[C@@H]1COC(CNC2CCCCC2NCC2=N[C@H](C)CO2)=N1. The summed E-state index contributed by atoms with van der Waals surface area (Å²) >= 11 is 0. The van der Waals surface area contributed by atoms with Crippen LogP contribution in [-0.2, 0) is 9.47 Å². The lowest BCUT2D eigenvalue weighted by atomic mass is 9.90. The molecule has 1 fully saturated rings. The fourth-order valence-electron chi connectivity index (χ4n) is 3.32. The van der Waals surface area contributed by atoms with Gasteiger partial charge in [-0.3, -0.25) is 0 Å². The van der Waals surface area contributed by atoms with Crippen LogP contribution in [0.5, 0.6) is 0 Å². The summed E-state index contributed by atoms with van der Waals surface area (Å²) in [7, 11) is 0. The van der Waals surface area contributed by atoms with Crippen LogP contribution in [0.1, 0.15) is 39.5 Å². The molecule has 0 aromatic carbocycles. The van der Waals surface area contributed by atoms with Gasteiger partial charge in [-0.1, -0.05) is 12.8 Å². The van der Waals surface area contributed by atoms with Crippen molar-refractivity contribution >= 4 is 11.8 Å². The summed E-state index contributed by atoms with van der Waals surface area (Å²) in [6.07, 6.45) is 4.97. The van der Waals surface area contributed by atoms with Gasteiger partial charge in [-0.2, -0.15) is 0 Å². The molecule has 2 heterocycles. The number of ether oxygens (including phenoxy) is 2. The Morgan fingerprint density at radius 2 is 1.32 bits per heavy atom. The van der Waals surface area contributed by atoms with E-state index in [4.69, 9.17) is 9.47 Å². The maximum atomic E-state index is 5.57. The number of nitrogens with one attached hydrogen (secondary N) is 2. The highest BCUT2D eigenvalue weighted by molar-refractivity contribution is 5.80. The Kier molecular flexibility index (Phi) is 5.31. The summed E-state index contributed by atoms with van der Waals surface area (Å²) in [5.74, 6) is 1.71. The van der Waals surface area contributed by atoms with Crippen LogP contribution in [0.15, 0.2) is 9.98 Å². The maximum Gasteiger partial charge on any atom is 0.198 e. The van der Waals surface area contributed by atoms with Gasteiger partial charge in [-0.15, -0.1) is 0 Å². The zero-order valence-corrected chi connectivity index (χ0v) is 13.7. The van der Waals surface area contributed by atoms with Gasteiger partial charge < -0.3 is 20.1 Å². The van der Waals surface area contributed by atoms with E-state index in [9.17, 15) is 0 Å². The second kappa shape index (κ2) is 7.42. The lowest BCUT2D eigenvalue weighted by Crippen LogP contribution is -2.52. The van der Waals surface area contributed by atoms with E-state index in [-0.39, 0.29) is 0 Å². The predicted octanol–water partition coefficient (Wildman–Crippen LogP) is 1.11. The third-order valence-corrected chi connectivity index (χ3v) is 4.51. The molecule has 22 heavy (non-hydrogen) atoms. The number of hydrogen-bond donors (Lipinski definition) is 2. The van der Waals surface area contributed by atoms with Gasteiger partial charge in [0, 0.05) is 12.1 Å². The van der Waals surface area contributed by atoms with Crippen LogP contribution in [0, 0.1) is 0 Å². The average molecular weight is 308 g/mol. The van der Waals surface area contributed by atoms with Crippen LogP contribution < -0.4 is 10.6 Å². The summed E-state index contributed by atoms with van der Waals surface area (Å²) in [5, 5.41) is 7.24. The highest BCUT2D eigenvalue weighted by atomic mass is 16.5. The molecule has 6 heteroatoms. The fourth-order valence-corrected chi connectivity index (χ4v) is 3.32. The van der Waals surface area contributed by atoms with Crippen molar-refractivity contribution < 1.29 is 9.47 Å². The molecule has 0 spiro atoms. The van der Waals surface area contributed by atoms with Crippen molar-refractivity contribution in [1.29, 1.82) is 0 Å². The summed E-state index contributed by atoms with van der Waals surface area (Å²) in [4.78, 5) is 8.98. The van der Waals surface area contributed by atoms with Gasteiger partial charge in [0.05, 0.1) is 25.2 Å². The van der Waals surface area contributed by atoms with Crippen molar-refractivity contribution in [2.75, 3.05) is 26.3 Å². The molecular formula is C16H28N4O2. The molecule has 1 saturated carbocycles. The van der Waals surface area contributed by atoms with Crippen LogP contribution in [0.4, 0.5) is 0 Å². The quantitative estimate of drug-likeness (QED) is 0.771. The van der Waals surface area contributed by atoms with Crippen LogP contribution in [0.2, 0.25) is 0 Å². The minimum Gasteiger partial charge on any atom is -0.478 e. The Hall–Kier alpha value is -1.14. The smallest absolute Gasteiger partial charge is 0.198 e. The highest BCUT2D eigenvalue weighted by Crippen LogP contribution is 2.19. The highest BCUT2D eigenvalue weighted by Gasteiger charge is 2.26. The van der Waals surface area contributed by atoms with E-state index in [1.54, 1.807) is 0 Å². The number of rotatable bonds is 6. The topological polar surface area (TPSA) is 67.2 Å². The second-order valence-electron chi connectivity index (χ2n) is 6.62. The van der Waals surface area contributed by atoms with E-state index in [0.29, 0.717) is 24.2 Å². The van der Waals surface area contributed by atoms with Crippen molar-refractivity contribution in [3.63, 3.8) is 0 Å². The number of hydrogen-bond acceptors (Lipinski definition) is 6. The monoisotopic (exact) mass is 308 g/mol. The molecule has 1 aliphatic carbocycles. The third kappa shape index (κ3) is 4.20. The molecule has 0 amide bonds. The molecule has 2 unspecified atom stereocenters. The van der Waals surface area contributed by atoms with Crippen molar-refractivity contribution in [2.24, 2.45) is 9.98 Å². The predicted molar refractivity (Wildman–Crippen MR) is 87.7 cm³/mol. The second-order valence-corrected chi connectivity index (χ2v) is 6.62. The first kappa shape index (κ1) is 15.7. The van der Waals surface area contributed by atoms with Crippen LogP contribution >= 0.6 is 0 Å². The minimum atomic E-state index is 0.302. The van der Waals surface area contributed by atoms with E-state index in [1.807, 2.05) is 0 Å². The van der Waals surface area contributed by atoms with E-state index in [2.05, 4.69) is 34.5 Å². The first-order valence-electron chi connectivity index (χ1n) is 8.56. The molecule has 0 radical (unpaired) electrons. The molecule has 0 aromatic heterocycles. The fraction of sp³-hybridized carbons (Fsp3) is 0.875. The van der Waals surface area contributed by atoms with Crippen LogP contribution in [0.3, 0.4) is 0 Å². The molecule has 0 bridgehead atoms. The zero-order chi connectivity index (χ0) is 15.4. The van der Waals surface area contributed by atoms with Gasteiger partial charge >= 0.3 is 0 Å². The molecule has 2 N–H and O–H groups in total. The minimum absolute atomic E-state index is 0.302. The van der Waals surface area contributed by atoms with E-state index < -0.39 is 0 Å². The zero-order valence-electron chi connectivity index (χ0n) is 13.7. The molecule has 0 aromatic rings. The molecule has 3 rings (SSSR count). The van der Waals surface area contributed by atoms with Crippen LogP contribution in [0.25, 0.3) is 0 Å². The van der Waals surface area contributed by atoms with Crippen molar-refractivity contribution in [3.05, 3.63) is 0 Å². The Morgan fingerprint density at radius 3 is 1.68 bits per heavy atom. The van der Waals surface area contributed by atoms with Gasteiger partial charge in [0.25, 0.3) is 0 Å². The van der Waals surface area contributed by atoms with E-state index in [0.717, 1.165) is 38.1 Å². The maximum absolute atomic E-state index is 5.57. The van der Waals surface area contributed by atoms with Gasteiger partial charge in [-0.05, 0) is 26.7 Å². The number of nitrogens with zero attached hydrogens (tertiary/aromatic N) is 2. The standard InChI is InChI=1S/C16H28N4O2/c1-11-9-21-15(19-11)7-17-13-5-3-4-6-14(13)18-8-16-20-12(2)10-22-16/h11-14,17-18H,3-10H2,1-2H3/t11-,12-,13?,14?/m1/s1. The molecule has 4 atom stereocenters. The van der Waals surface area contributed by atoms with Crippen molar-refractivity contribution in [2.45, 2.75) is 63.7 Å². The van der Waals surface area contributed by atoms with Gasteiger partial charge in [-0.25, -0.2) is 9.98 Å². The molecule has 2 aliphatic heterocycles. The molecule has 3 aliphatic rings. The Labute approximate surface area is 132 Å². The third-order valence-electron chi connectivity index (χ3n) is 4.51. The molecule has 124 valence electrons. The number of aliphatic imine (C=N–C) groups is 2. The lowest BCUT2D eigenvalue weighted by molar-refractivity contribution is 0.276. The first-order valence-corrected chi connectivity index (χ1v) is 8.56. The molecular weight excluding hydrogens is 280 g/mol. The normalized spacial score (nSPS) is 34.8. The van der Waals surface area contributed by atoms with Crippen LogP contribution in [-0.4, -0.2) is 62.3 Å². The summed E-state index contributed by atoms with van der Waals surface area (Å²) < 4.78 is 11.1. The van der Waals surface area contributed by atoms with E-state index in [1.165, 1.54) is 25.7 Å². The lowest BCUT2D eigenvalue weighted by Gasteiger charge is -2.33. The van der Waals surface area contributed by atoms with Crippen molar-refractivity contribution in [1.82, 2.24) is 10.6 Å². The largest absolute Gasteiger partial charge is 0.478 e. The van der Waals surface area contributed by atoms with Gasteiger partial charge in [0.2, 0.25) is 0 Å². The van der Waals surface area contributed by atoms with E-state index >= 15 is 0 Å². The molecule has 0 saturated heterocycles. The Balaban J connectivity index is 1.46.